The summed E-state index contributed by atoms with van der Waals surface area (Å²) in [5.41, 5.74) is 3.58. The van der Waals surface area contributed by atoms with Crippen LogP contribution in [0.15, 0.2) is 12.1 Å². The van der Waals surface area contributed by atoms with Crippen molar-refractivity contribution < 1.29 is 9.31 Å². The highest BCUT2D eigenvalue weighted by molar-refractivity contribution is 6.62. The molecule has 0 aromatic heterocycles. The summed E-state index contributed by atoms with van der Waals surface area (Å²) in [5.74, 6) is 2.84. The molecule has 0 radical (unpaired) electrons. The lowest BCUT2D eigenvalue weighted by Gasteiger charge is -2.32. The zero-order chi connectivity index (χ0) is 18.2. The van der Waals surface area contributed by atoms with E-state index in [0.717, 1.165) is 49.3 Å². The smallest absolute Gasteiger partial charge is 0.399 e. The normalized spacial score (nSPS) is 22.8. The van der Waals surface area contributed by atoms with Crippen LogP contribution in [0.2, 0.25) is 0 Å². The maximum atomic E-state index is 6.26. The molecule has 2 aliphatic rings. The Hall–Kier alpha value is -1.32. The van der Waals surface area contributed by atoms with Gasteiger partial charge in [-0.2, -0.15) is 0 Å². The molecule has 5 heteroatoms. The van der Waals surface area contributed by atoms with Crippen LogP contribution >= 0.6 is 0 Å². The van der Waals surface area contributed by atoms with Crippen molar-refractivity contribution in [2.24, 2.45) is 0 Å². The molecule has 0 aliphatic carbocycles. The van der Waals surface area contributed by atoms with Gasteiger partial charge in [0.1, 0.15) is 0 Å². The van der Waals surface area contributed by atoms with Gasteiger partial charge in [-0.15, -0.1) is 6.42 Å². The minimum Gasteiger partial charge on any atom is -0.399 e. The van der Waals surface area contributed by atoms with Gasteiger partial charge in [0.2, 0.25) is 0 Å². The Morgan fingerprint density at radius 1 is 1.16 bits per heavy atom. The first-order valence-corrected chi connectivity index (χ1v) is 9.12. The highest BCUT2D eigenvalue weighted by Crippen LogP contribution is 2.36. The first-order valence-electron chi connectivity index (χ1n) is 9.12. The largest absolute Gasteiger partial charge is 0.495 e. The van der Waals surface area contributed by atoms with Crippen LogP contribution in [0.25, 0.3) is 0 Å². The standard InChI is InChI=1S/C20H29BN2O2/c1-7-17-12-16(14-23-10-8-22-9-11-23)13-18(15(17)2)21-24-19(3,4)20(5,6)25-21/h1,12-13,22H,8-11,14H2,2-6H3. The van der Waals surface area contributed by atoms with Crippen LogP contribution in [0.4, 0.5) is 0 Å². The van der Waals surface area contributed by atoms with Crippen LogP contribution in [-0.4, -0.2) is 49.4 Å². The molecule has 0 amide bonds. The topological polar surface area (TPSA) is 33.7 Å². The number of benzene rings is 1. The van der Waals surface area contributed by atoms with Crippen LogP contribution in [0.5, 0.6) is 0 Å². The molecule has 3 rings (SSSR count). The second kappa shape index (κ2) is 6.77. The van der Waals surface area contributed by atoms with Gasteiger partial charge in [-0.25, -0.2) is 0 Å². The van der Waals surface area contributed by atoms with Crippen LogP contribution in [-0.2, 0) is 15.9 Å². The first kappa shape index (κ1) is 18.5. The molecule has 2 aliphatic heterocycles. The summed E-state index contributed by atoms with van der Waals surface area (Å²) in [5, 5.41) is 3.39. The van der Waals surface area contributed by atoms with Crippen molar-refractivity contribution in [3.8, 4) is 12.3 Å². The van der Waals surface area contributed by atoms with Crippen molar-refractivity contribution in [3.05, 3.63) is 28.8 Å². The van der Waals surface area contributed by atoms with Gasteiger partial charge in [0.05, 0.1) is 11.2 Å². The number of piperazine rings is 1. The Morgan fingerprint density at radius 2 is 1.76 bits per heavy atom. The van der Waals surface area contributed by atoms with Crippen molar-refractivity contribution in [2.75, 3.05) is 26.2 Å². The van der Waals surface area contributed by atoms with E-state index in [2.05, 4.69) is 62.9 Å². The van der Waals surface area contributed by atoms with E-state index in [4.69, 9.17) is 15.7 Å². The summed E-state index contributed by atoms with van der Waals surface area (Å²) in [6.45, 7) is 15.5. The van der Waals surface area contributed by atoms with Crippen LogP contribution in [0.3, 0.4) is 0 Å². The molecule has 4 nitrogen and oxygen atoms in total. The number of nitrogens with one attached hydrogen (secondary N) is 1. The van der Waals surface area contributed by atoms with Gasteiger partial charge in [-0.1, -0.05) is 12.0 Å². The van der Waals surface area contributed by atoms with E-state index >= 15 is 0 Å². The average molecular weight is 340 g/mol. The van der Waals surface area contributed by atoms with Crippen molar-refractivity contribution in [3.63, 3.8) is 0 Å². The molecule has 2 fully saturated rings. The second-order valence-electron chi connectivity index (χ2n) is 8.12. The van der Waals surface area contributed by atoms with Crippen molar-refractivity contribution in [1.82, 2.24) is 10.2 Å². The fourth-order valence-corrected chi connectivity index (χ4v) is 3.38. The molecule has 0 saturated carbocycles. The minimum atomic E-state index is -0.375. The lowest BCUT2D eigenvalue weighted by atomic mass is 9.74. The predicted molar refractivity (Wildman–Crippen MR) is 103 cm³/mol. The quantitative estimate of drug-likeness (QED) is 0.671. The maximum Gasteiger partial charge on any atom is 0.495 e. The lowest BCUT2D eigenvalue weighted by Crippen LogP contribution is -2.43. The first-order chi connectivity index (χ1) is 11.7. The summed E-state index contributed by atoms with van der Waals surface area (Å²) in [6, 6.07) is 4.34. The van der Waals surface area contributed by atoms with E-state index in [1.807, 2.05) is 0 Å². The number of hydrogen-bond donors (Lipinski definition) is 1. The molecule has 2 saturated heterocycles. The zero-order valence-electron chi connectivity index (χ0n) is 16.1. The molecule has 1 aromatic carbocycles. The number of rotatable bonds is 3. The van der Waals surface area contributed by atoms with Crippen molar-refractivity contribution >= 4 is 12.6 Å². The Morgan fingerprint density at radius 3 is 2.32 bits per heavy atom. The molecular weight excluding hydrogens is 311 g/mol. The minimum absolute atomic E-state index is 0.352. The number of nitrogens with zero attached hydrogens (tertiary/aromatic N) is 1. The van der Waals surface area contributed by atoms with Crippen LogP contribution in [0.1, 0.15) is 44.4 Å². The molecule has 25 heavy (non-hydrogen) atoms. The molecule has 0 spiro atoms. The fourth-order valence-electron chi connectivity index (χ4n) is 3.38. The Bertz CT molecular complexity index is 672. The van der Waals surface area contributed by atoms with E-state index in [1.54, 1.807) is 0 Å². The third-order valence-electron chi connectivity index (χ3n) is 5.79. The summed E-state index contributed by atoms with van der Waals surface area (Å²) < 4.78 is 12.5. The van der Waals surface area contributed by atoms with Gasteiger partial charge in [-0.05, 0) is 57.3 Å². The summed E-state index contributed by atoms with van der Waals surface area (Å²) >= 11 is 0. The SMILES string of the molecule is C#Cc1cc(CN2CCNCC2)cc(B2OC(C)(C)C(C)(C)O2)c1C. The van der Waals surface area contributed by atoms with E-state index < -0.39 is 0 Å². The van der Waals surface area contributed by atoms with Gasteiger partial charge in [0.25, 0.3) is 0 Å². The Labute approximate surface area is 152 Å². The molecule has 2 heterocycles. The van der Waals surface area contributed by atoms with Crippen molar-refractivity contribution in [2.45, 2.75) is 52.4 Å². The Balaban J connectivity index is 1.91. The second-order valence-corrected chi connectivity index (χ2v) is 8.12. The molecule has 1 N–H and O–H groups in total. The highest BCUT2D eigenvalue weighted by atomic mass is 16.7. The summed E-state index contributed by atoms with van der Waals surface area (Å²) in [7, 11) is -0.375. The van der Waals surface area contributed by atoms with Gasteiger partial charge >= 0.3 is 7.12 Å². The van der Waals surface area contributed by atoms with Gasteiger partial charge in [-0.3, -0.25) is 4.90 Å². The fraction of sp³-hybridized carbons (Fsp3) is 0.600. The lowest BCUT2D eigenvalue weighted by molar-refractivity contribution is 0.00578. The monoisotopic (exact) mass is 340 g/mol. The highest BCUT2D eigenvalue weighted by Gasteiger charge is 2.52. The Kier molecular flexibility index (Phi) is 5.01. The van der Waals surface area contributed by atoms with Gasteiger partial charge < -0.3 is 14.6 Å². The molecule has 0 unspecified atom stereocenters. The molecule has 0 atom stereocenters. The number of hydrogen-bond acceptors (Lipinski definition) is 4. The molecule has 1 aromatic rings. The maximum absolute atomic E-state index is 6.26. The van der Waals surface area contributed by atoms with E-state index in [0.29, 0.717) is 0 Å². The zero-order valence-corrected chi connectivity index (χ0v) is 16.1. The summed E-state index contributed by atoms with van der Waals surface area (Å²) in [4.78, 5) is 2.45. The van der Waals surface area contributed by atoms with Crippen LogP contribution in [0, 0.1) is 19.3 Å². The molecular formula is C20H29BN2O2. The number of terminal acetylenes is 1. The predicted octanol–water partition coefficient (Wildman–Crippen LogP) is 1.68. The third kappa shape index (κ3) is 3.63. The van der Waals surface area contributed by atoms with E-state index in [9.17, 15) is 0 Å². The molecule has 134 valence electrons. The van der Waals surface area contributed by atoms with E-state index in [-0.39, 0.29) is 18.3 Å². The van der Waals surface area contributed by atoms with Crippen LogP contribution < -0.4 is 10.8 Å². The van der Waals surface area contributed by atoms with Gasteiger partial charge in [0.15, 0.2) is 0 Å². The van der Waals surface area contributed by atoms with Crippen molar-refractivity contribution in [1.29, 1.82) is 0 Å². The molecule has 0 bridgehead atoms. The third-order valence-corrected chi connectivity index (χ3v) is 5.79. The van der Waals surface area contributed by atoms with E-state index in [1.165, 1.54) is 5.56 Å². The average Bonchev–Trinajstić information content (AvgIpc) is 2.77. The summed E-state index contributed by atoms with van der Waals surface area (Å²) in [6.07, 6.45) is 5.77. The van der Waals surface area contributed by atoms with Gasteiger partial charge in [0, 0.05) is 38.3 Å².